The van der Waals surface area contributed by atoms with Gasteiger partial charge in [0.15, 0.2) is 0 Å². The number of para-hydroxylation sites is 1. The lowest BCUT2D eigenvalue weighted by Gasteiger charge is -2.21. The van der Waals surface area contributed by atoms with Gasteiger partial charge in [0.1, 0.15) is 11.7 Å². The second kappa shape index (κ2) is 7.99. The number of hydrogen-bond acceptors (Lipinski definition) is 3. The number of ether oxygens (including phenoxy) is 2. The Morgan fingerprint density at radius 1 is 1.18 bits per heavy atom. The number of allylic oxidation sites excluding steroid dienone is 1. The average molecular weight is 305 g/mol. The molecule has 1 N–H and O–H groups in total. The number of anilines is 1. The molecular weight excluding hydrogens is 278 g/mol. The molecule has 0 saturated heterocycles. The van der Waals surface area contributed by atoms with Crippen molar-refractivity contribution in [1.82, 2.24) is 0 Å². The van der Waals surface area contributed by atoms with Gasteiger partial charge in [0, 0.05) is 12.7 Å². The molecule has 4 nitrogen and oxygen atoms in total. The number of hydrogen-bond donors (Lipinski definition) is 1. The first kappa shape index (κ1) is 18.2. The van der Waals surface area contributed by atoms with Gasteiger partial charge in [-0.05, 0) is 32.8 Å². The maximum atomic E-state index is 12.0. The summed E-state index contributed by atoms with van der Waals surface area (Å²) < 4.78 is 10.8. The molecule has 0 aliphatic rings. The van der Waals surface area contributed by atoms with Gasteiger partial charge in [-0.25, -0.2) is 4.79 Å². The summed E-state index contributed by atoms with van der Waals surface area (Å²) >= 11 is 0. The third-order valence-corrected chi connectivity index (χ3v) is 2.83. The smallest absolute Gasteiger partial charge is 0.412 e. The Labute approximate surface area is 133 Å². The first-order valence-electron chi connectivity index (χ1n) is 7.53. The molecule has 0 aliphatic carbocycles. The zero-order valence-electron chi connectivity index (χ0n) is 14.3. The largest absolute Gasteiger partial charge is 0.444 e. The number of amides is 1. The summed E-state index contributed by atoms with van der Waals surface area (Å²) in [7, 11) is 1.65. The summed E-state index contributed by atoms with van der Waals surface area (Å²) in [4.78, 5) is 12.0. The van der Waals surface area contributed by atoms with E-state index in [9.17, 15) is 4.79 Å². The van der Waals surface area contributed by atoms with Crippen LogP contribution >= 0.6 is 0 Å². The van der Waals surface area contributed by atoms with Crippen molar-refractivity contribution in [3.63, 3.8) is 0 Å². The molecule has 1 rings (SSSR count). The molecule has 22 heavy (non-hydrogen) atoms. The van der Waals surface area contributed by atoms with Crippen LogP contribution in [-0.4, -0.2) is 18.8 Å². The van der Waals surface area contributed by atoms with Gasteiger partial charge in [-0.3, -0.25) is 5.32 Å². The third kappa shape index (κ3) is 6.31. The van der Waals surface area contributed by atoms with Crippen molar-refractivity contribution >= 4 is 11.8 Å². The van der Waals surface area contributed by atoms with Crippen molar-refractivity contribution in [2.45, 2.75) is 46.3 Å². The van der Waals surface area contributed by atoms with Crippen LogP contribution < -0.4 is 5.32 Å². The Morgan fingerprint density at radius 3 is 2.36 bits per heavy atom. The van der Waals surface area contributed by atoms with Gasteiger partial charge < -0.3 is 9.47 Å². The fourth-order valence-corrected chi connectivity index (χ4v) is 1.90. The summed E-state index contributed by atoms with van der Waals surface area (Å²) in [5.74, 6) is 0.434. The van der Waals surface area contributed by atoms with Crippen LogP contribution in [0.3, 0.4) is 0 Å². The lowest BCUT2D eigenvalue weighted by molar-refractivity contribution is 0.0635. The highest BCUT2D eigenvalue weighted by atomic mass is 16.6. The van der Waals surface area contributed by atoms with Crippen molar-refractivity contribution < 1.29 is 14.3 Å². The summed E-state index contributed by atoms with van der Waals surface area (Å²) in [5, 5.41) is 2.79. The van der Waals surface area contributed by atoms with Gasteiger partial charge in [-0.15, -0.1) is 0 Å². The molecule has 0 aliphatic heterocycles. The molecule has 122 valence electrons. The molecule has 0 bridgehead atoms. The lowest BCUT2D eigenvalue weighted by atomic mass is 10.0. The Kier molecular flexibility index (Phi) is 6.62. The van der Waals surface area contributed by atoms with Crippen molar-refractivity contribution in [2.75, 3.05) is 12.4 Å². The topological polar surface area (TPSA) is 47.6 Å². The highest BCUT2D eigenvalue weighted by Crippen LogP contribution is 2.27. The molecule has 0 spiro atoms. The standard InChI is InChI=1S/C18H27NO3/c1-13(2)11-12-16(21-6)14-9-7-8-10-15(14)19-17(20)22-18(3,4)5/h7-13,16H,1-6H3,(H,19,20)/b12-11+. The van der Waals surface area contributed by atoms with E-state index in [2.05, 4.69) is 25.2 Å². The third-order valence-electron chi connectivity index (χ3n) is 2.83. The van der Waals surface area contributed by atoms with Crippen molar-refractivity contribution in [3.05, 3.63) is 42.0 Å². The van der Waals surface area contributed by atoms with E-state index in [0.29, 0.717) is 11.6 Å². The van der Waals surface area contributed by atoms with Crippen LogP contribution in [0, 0.1) is 5.92 Å². The van der Waals surface area contributed by atoms with Crippen molar-refractivity contribution in [1.29, 1.82) is 0 Å². The second-order valence-corrected chi connectivity index (χ2v) is 6.50. The fourth-order valence-electron chi connectivity index (χ4n) is 1.90. The average Bonchev–Trinajstić information content (AvgIpc) is 2.38. The van der Waals surface area contributed by atoms with Gasteiger partial charge in [-0.1, -0.05) is 44.2 Å². The van der Waals surface area contributed by atoms with Gasteiger partial charge in [0.25, 0.3) is 0 Å². The van der Waals surface area contributed by atoms with Crippen LogP contribution in [0.15, 0.2) is 36.4 Å². The minimum absolute atomic E-state index is 0.214. The molecule has 0 heterocycles. The van der Waals surface area contributed by atoms with Gasteiger partial charge in [-0.2, -0.15) is 0 Å². The summed E-state index contributed by atoms with van der Waals surface area (Å²) in [6.45, 7) is 9.72. The van der Waals surface area contributed by atoms with Gasteiger partial charge in [0.05, 0.1) is 5.69 Å². The normalized spacial score (nSPS) is 13.4. The summed E-state index contributed by atoms with van der Waals surface area (Å²) in [6, 6.07) is 7.57. The quantitative estimate of drug-likeness (QED) is 0.784. The van der Waals surface area contributed by atoms with Crippen LogP contribution in [0.25, 0.3) is 0 Å². The van der Waals surface area contributed by atoms with Crippen LogP contribution in [-0.2, 0) is 9.47 Å². The first-order chi connectivity index (χ1) is 10.2. The zero-order chi connectivity index (χ0) is 16.8. The number of nitrogens with one attached hydrogen (secondary N) is 1. The Bertz CT molecular complexity index is 515. The zero-order valence-corrected chi connectivity index (χ0v) is 14.3. The first-order valence-corrected chi connectivity index (χ1v) is 7.53. The van der Waals surface area contributed by atoms with Crippen molar-refractivity contribution in [2.24, 2.45) is 5.92 Å². The van der Waals surface area contributed by atoms with Gasteiger partial charge in [0.2, 0.25) is 0 Å². The maximum absolute atomic E-state index is 12.0. The monoisotopic (exact) mass is 305 g/mol. The Hall–Kier alpha value is -1.81. The Balaban J connectivity index is 2.95. The van der Waals surface area contributed by atoms with Crippen LogP contribution in [0.4, 0.5) is 10.5 Å². The predicted octanol–water partition coefficient (Wildman–Crippen LogP) is 4.93. The lowest BCUT2D eigenvalue weighted by Crippen LogP contribution is -2.27. The highest BCUT2D eigenvalue weighted by Gasteiger charge is 2.18. The highest BCUT2D eigenvalue weighted by molar-refractivity contribution is 5.86. The molecular formula is C18H27NO3. The van der Waals surface area contributed by atoms with E-state index in [1.54, 1.807) is 7.11 Å². The molecule has 1 atom stereocenters. The molecule has 0 fully saturated rings. The number of rotatable bonds is 5. The number of carbonyl (C=O) groups is 1. The number of methoxy groups -OCH3 is 1. The number of benzene rings is 1. The molecule has 1 amide bonds. The van der Waals surface area contributed by atoms with Crippen LogP contribution in [0.5, 0.6) is 0 Å². The predicted molar refractivity (Wildman–Crippen MR) is 90.0 cm³/mol. The summed E-state index contributed by atoms with van der Waals surface area (Å²) in [5.41, 5.74) is 1.06. The minimum Gasteiger partial charge on any atom is -0.444 e. The van der Waals surface area contributed by atoms with E-state index in [1.165, 1.54) is 0 Å². The molecule has 1 aromatic carbocycles. The molecule has 0 radical (unpaired) electrons. The SMILES string of the molecule is COC(/C=C/C(C)C)c1ccccc1NC(=O)OC(C)(C)C. The minimum atomic E-state index is -0.531. The maximum Gasteiger partial charge on any atom is 0.412 e. The number of carbonyl (C=O) groups excluding carboxylic acids is 1. The Morgan fingerprint density at radius 2 is 1.82 bits per heavy atom. The van der Waals surface area contributed by atoms with E-state index in [1.807, 2.05) is 51.1 Å². The van der Waals surface area contributed by atoms with E-state index < -0.39 is 11.7 Å². The molecule has 1 unspecified atom stereocenters. The van der Waals surface area contributed by atoms with Gasteiger partial charge >= 0.3 is 6.09 Å². The molecule has 1 aromatic rings. The van der Waals surface area contributed by atoms with E-state index >= 15 is 0 Å². The van der Waals surface area contributed by atoms with E-state index in [0.717, 1.165) is 5.56 Å². The second-order valence-electron chi connectivity index (χ2n) is 6.50. The van der Waals surface area contributed by atoms with E-state index in [-0.39, 0.29) is 6.10 Å². The fraction of sp³-hybridized carbons (Fsp3) is 0.500. The van der Waals surface area contributed by atoms with Crippen LogP contribution in [0.1, 0.15) is 46.3 Å². The van der Waals surface area contributed by atoms with E-state index in [4.69, 9.17) is 9.47 Å². The molecule has 0 saturated carbocycles. The molecule has 0 aromatic heterocycles. The van der Waals surface area contributed by atoms with Crippen molar-refractivity contribution in [3.8, 4) is 0 Å². The van der Waals surface area contributed by atoms with Crippen LogP contribution in [0.2, 0.25) is 0 Å². The summed E-state index contributed by atoms with van der Waals surface area (Å²) in [6.07, 6.45) is 3.40. The molecule has 4 heteroatoms.